The molecule has 0 saturated carbocycles. The molecule has 1 aromatic heterocycles. The molecular weight excluding hydrogens is 324 g/mol. The lowest BCUT2D eigenvalue weighted by molar-refractivity contribution is 0.0332. The van der Waals surface area contributed by atoms with Crippen LogP contribution in [0.25, 0.3) is 5.69 Å². The van der Waals surface area contributed by atoms with Gasteiger partial charge in [0, 0.05) is 49.5 Å². The highest BCUT2D eigenvalue weighted by Crippen LogP contribution is 2.15. The van der Waals surface area contributed by atoms with Crippen LogP contribution in [0, 0.1) is 0 Å². The van der Waals surface area contributed by atoms with Crippen molar-refractivity contribution >= 4 is 11.6 Å². The molecule has 0 spiro atoms. The lowest BCUT2D eigenvalue weighted by Gasteiger charge is -2.29. The third-order valence-electron chi connectivity index (χ3n) is 4.40. The van der Waals surface area contributed by atoms with Crippen molar-refractivity contribution in [3.05, 3.63) is 47.2 Å². The van der Waals surface area contributed by atoms with Gasteiger partial charge >= 0.3 is 0 Å². The molecule has 2 heterocycles. The number of ether oxygens (including phenoxy) is 1. The summed E-state index contributed by atoms with van der Waals surface area (Å²) in [6.07, 6.45) is 4.03. The smallest absolute Gasteiger partial charge is 0.0660 e. The summed E-state index contributed by atoms with van der Waals surface area (Å²) >= 11 is 6.06. The zero-order valence-corrected chi connectivity index (χ0v) is 15.0. The third kappa shape index (κ3) is 4.80. The molecule has 24 heavy (non-hydrogen) atoms. The van der Waals surface area contributed by atoms with Gasteiger partial charge in [0.1, 0.15) is 0 Å². The molecule has 1 aromatic carbocycles. The predicted molar refractivity (Wildman–Crippen MR) is 96.8 cm³/mol. The van der Waals surface area contributed by atoms with Crippen molar-refractivity contribution in [1.82, 2.24) is 19.6 Å². The van der Waals surface area contributed by atoms with Crippen LogP contribution in [0.4, 0.5) is 0 Å². The second-order valence-corrected chi connectivity index (χ2v) is 6.53. The molecule has 0 amide bonds. The number of aromatic nitrogens is 2. The molecule has 5 nitrogen and oxygen atoms in total. The molecule has 6 heteroatoms. The normalized spacial score (nSPS) is 16.0. The monoisotopic (exact) mass is 348 g/mol. The lowest BCUT2D eigenvalue weighted by Crippen LogP contribution is -2.41. The molecule has 130 valence electrons. The number of likely N-dealkylation sites (N-methyl/N-ethyl adjacent to an activating group) is 1. The minimum atomic E-state index is 0.727. The van der Waals surface area contributed by atoms with E-state index in [1.54, 1.807) is 0 Å². The first kappa shape index (κ1) is 17.4. The number of nitrogens with zero attached hydrogens (tertiary/aromatic N) is 4. The zero-order chi connectivity index (χ0) is 16.8. The summed E-state index contributed by atoms with van der Waals surface area (Å²) in [5, 5.41) is 5.20. The highest BCUT2D eigenvalue weighted by atomic mass is 35.5. The first-order chi connectivity index (χ1) is 11.7. The van der Waals surface area contributed by atoms with Crippen LogP contribution in [-0.2, 0) is 11.3 Å². The molecule has 0 N–H and O–H groups in total. The fraction of sp³-hybridized carbons (Fsp3) is 0.500. The fourth-order valence-electron chi connectivity index (χ4n) is 2.92. The number of halogens is 1. The summed E-state index contributed by atoms with van der Waals surface area (Å²) in [5.41, 5.74) is 2.21. The maximum atomic E-state index is 6.06. The molecule has 2 aromatic rings. The Morgan fingerprint density at radius 2 is 2.12 bits per heavy atom. The summed E-state index contributed by atoms with van der Waals surface area (Å²) in [4.78, 5) is 4.93. The second-order valence-electron chi connectivity index (χ2n) is 6.10. The molecule has 0 unspecified atom stereocenters. The fourth-order valence-corrected chi connectivity index (χ4v) is 3.10. The van der Waals surface area contributed by atoms with E-state index in [-0.39, 0.29) is 0 Å². The molecule has 0 bridgehead atoms. The Morgan fingerprint density at radius 1 is 1.29 bits per heavy atom. The zero-order valence-electron chi connectivity index (χ0n) is 14.2. The largest absolute Gasteiger partial charge is 0.379 e. The SMILES string of the molecule is CCN(CCN1CCOCC1)Cc1cnn(-c2cccc(Cl)c2)c1. The van der Waals surface area contributed by atoms with Gasteiger partial charge in [0.15, 0.2) is 0 Å². The van der Waals surface area contributed by atoms with Crippen molar-refractivity contribution < 1.29 is 4.74 Å². The van der Waals surface area contributed by atoms with Crippen LogP contribution < -0.4 is 0 Å². The Balaban J connectivity index is 1.56. The lowest BCUT2D eigenvalue weighted by atomic mass is 10.3. The van der Waals surface area contributed by atoms with Crippen LogP contribution in [0.3, 0.4) is 0 Å². The maximum absolute atomic E-state index is 6.06. The standard InChI is InChI=1S/C18H25ClN4O/c1-2-21(6-7-22-8-10-24-11-9-22)14-16-13-20-23(15-16)18-5-3-4-17(19)12-18/h3-5,12-13,15H,2,6-11,14H2,1H3. The number of rotatable bonds is 7. The van der Waals surface area contributed by atoms with Gasteiger partial charge in [0.2, 0.25) is 0 Å². The number of hydrogen-bond acceptors (Lipinski definition) is 4. The van der Waals surface area contributed by atoms with Crippen LogP contribution in [-0.4, -0.2) is 65.5 Å². The van der Waals surface area contributed by atoms with Gasteiger partial charge in [-0.25, -0.2) is 4.68 Å². The van der Waals surface area contributed by atoms with Crippen molar-refractivity contribution in [3.8, 4) is 5.69 Å². The van der Waals surface area contributed by atoms with E-state index in [4.69, 9.17) is 16.3 Å². The van der Waals surface area contributed by atoms with Gasteiger partial charge in [0.25, 0.3) is 0 Å². The van der Waals surface area contributed by atoms with Crippen LogP contribution >= 0.6 is 11.6 Å². The van der Waals surface area contributed by atoms with Gasteiger partial charge in [-0.05, 0) is 24.7 Å². The Bertz CT molecular complexity index is 639. The van der Waals surface area contributed by atoms with Gasteiger partial charge in [-0.2, -0.15) is 5.10 Å². The predicted octanol–water partition coefficient (Wildman–Crippen LogP) is 2.68. The van der Waals surface area contributed by atoms with E-state index in [9.17, 15) is 0 Å². The summed E-state index contributed by atoms with van der Waals surface area (Å²) < 4.78 is 7.29. The summed E-state index contributed by atoms with van der Waals surface area (Å²) in [7, 11) is 0. The summed E-state index contributed by atoms with van der Waals surface area (Å²) in [6.45, 7) is 10.1. The van der Waals surface area contributed by atoms with Gasteiger partial charge in [-0.3, -0.25) is 9.80 Å². The highest BCUT2D eigenvalue weighted by Gasteiger charge is 2.12. The van der Waals surface area contributed by atoms with Crippen molar-refractivity contribution in [2.45, 2.75) is 13.5 Å². The van der Waals surface area contributed by atoms with Crippen LogP contribution in [0.2, 0.25) is 5.02 Å². The maximum Gasteiger partial charge on any atom is 0.0660 e. The van der Waals surface area contributed by atoms with Crippen molar-refractivity contribution in [2.24, 2.45) is 0 Å². The van der Waals surface area contributed by atoms with E-state index in [1.165, 1.54) is 5.56 Å². The van der Waals surface area contributed by atoms with E-state index in [2.05, 4.69) is 28.0 Å². The summed E-state index contributed by atoms with van der Waals surface area (Å²) in [5.74, 6) is 0. The molecule has 0 aliphatic carbocycles. The third-order valence-corrected chi connectivity index (χ3v) is 4.63. The average Bonchev–Trinajstić information content (AvgIpc) is 3.08. The second kappa shape index (κ2) is 8.62. The number of benzene rings is 1. The molecule has 1 aliphatic heterocycles. The number of morpholine rings is 1. The molecule has 3 rings (SSSR count). The van der Waals surface area contributed by atoms with Crippen LogP contribution in [0.15, 0.2) is 36.7 Å². The minimum Gasteiger partial charge on any atom is -0.379 e. The van der Waals surface area contributed by atoms with E-state index in [1.807, 2.05) is 35.1 Å². The Kier molecular flexibility index (Phi) is 6.26. The van der Waals surface area contributed by atoms with E-state index < -0.39 is 0 Å². The van der Waals surface area contributed by atoms with Gasteiger partial charge < -0.3 is 4.74 Å². The Morgan fingerprint density at radius 3 is 2.88 bits per heavy atom. The average molecular weight is 349 g/mol. The van der Waals surface area contributed by atoms with Gasteiger partial charge in [0.05, 0.1) is 25.1 Å². The summed E-state index contributed by atoms with van der Waals surface area (Å²) in [6, 6.07) is 7.76. The molecule has 1 fully saturated rings. The number of hydrogen-bond donors (Lipinski definition) is 0. The van der Waals surface area contributed by atoms with E-state index in [0.29, 0.717) is 0 Å². The molecule has 0 atom stereocenters. The van der Waals surface area contributed by atoms with E-state index in [0.717, 1.165) is 63.2 Å². The van der Waals surface area contributed by atoms with E-state index >= 15 is 0 Å². The topological polar surface area (TPSA) is 33.5 Å². The Hall–Kier alpha value is -1.40. The van der Waals surface area contributed by atoms with Gasteiger partial charge in [-0.1, -0.05) is 24.6 Å². The first-order valence-corrected chi connectivity index (χ1v) is 8.94. The molecule has 1 saturated heterocycles. The highest BCUT2D eigenvalue weighted by molar-refractivity contribution is 6.30. The van der Waals surface area contributed by atoms with Crippen molar-refractivity contribution in [2.75, 3.05) is 45.9 Å². The molecule has 1 aliphatic rings. The van der Waals surface area contributed by atoms with Crippen LogP contribution in [0.5, 0.6) is 0 Å². The first-order valence-electron chi connectivity index (χ1n) is 8.56. The van der Waals surface area contributed by atoms with Crippen molar-refractivity contribution in [3.63, 3.8) is 0 Å². The van der Waals surface area contributed by atoms with Gasteiger partial charge in [-0.15, -0.1) is 0 Å². The minimum absolute atomic E-state index is 0.727. The Labute approximate surface area is 148 Å². The molecular formula is C18H25ClN4O. The molecule has 0 radical (unpaired) electrons. The quantitative estimate of drug-likeness (QED) is 0.770. The van der Waals surface area contributed by atoms with Crippen LogP contribution in [0.1, 0.15) is 12.5 Å². The van der Waals surface area contributed by atoms with Crippen molar-refractivity contribution in [1.29, 1.82) is 0 Å².